The molecule has 0 atom stereocenters. The van der Waals surface area contributed by atoms with Gasteiger partial charge in [-0.1, -0.05) is 13.8 Å². The Hall–Kier alpha value is -0.800. The summed E-state index contributed by atoms with van der Waals surface area (Å²) in [4.78, 5) is 0. The van der Waals surface area contributed by atoms with Crippen molar-refractivity contribution >= 4 is 0 Å². The molecule has 0 N–H and O–H groups in total. The van der Waals surface area contributed by atoms with Crippen LogP contribution in [0.15, 0.2) is 22.8 Å². The van der Waals surface area contributed by atoms with Gasteiger partial charge < -0.3 is 13.9 Å². The lowest BCUT2D eigenvalue weighted by molar-refractivity contribution is -0.233. The quantitative estimate of drug-likeness (QED) is 0.668. The van der Waals surface area contributed by atoms with Gasteiger partial charge >= 0.3 is 0 Å². The van der Waals surface area contributed by atoms with E-state index in [2.05, 4.69) is 13.8 Å². The van der Waals surface area contributed by atoms with Crippen LogP contribution in [0, 0.1) is 5.41 Å². The Morgan fingerprint density at radius 2 is 2.00 bits per heavy atom. The first-order valence-corrected chi connectivity index (χ1v) is 4.44. The van der Waals surface area contributed by atoms with Crippen molar-refractivity contribution in [3.05, 3.63) is 24.2 Å². The molecule has 3 nitrogen and oxygen atoms in total. The van der Waals surface area contributed by atoms with Crippen molar-refractivity contribution < 1.29 is 13.9 Å². The first-order valence-electron chi connectivity index (χ1n) is 4.44. The largest absolute Gasteiger partial charge is 0.464 e. The van der Waals surface area contributed by atoms with E-state index in [0.29, 0.717) is 13.2 Å². The van der Waals surface area contributed by atoms with Crippen molar-refractivity contribution in [2.45, 2.75) is 20.1 Å². The Balaban J connectivity index is 1.99. The third kappa shape index (κ3) is 1.92. The zero-order valence-electron chi connectivity index (χ0n) is 7.95. The van der Waals surface area contributed by atoms with E-state index in [1.165, 1.54) is 0 Å². The molecule has 0 unspecified atom stereocenters. The summed E-state index contributed by atoms with van der Waals surface area (Å²) < 4.78 is 16.2. The molecule has 0 amide bonds. The monoisotopic (exact) mass is 182 g/mol. The Morgan fingerprint density at radius 3 is 2.54 bits per heavy atom. The first kappa shape index (κ1) is 8.78. The van der Waals surface area contributed by atoms with E-state index in [0.717, 1.165) is 5.76 Å². The molecule has 0 spiro atoms. The molecular formula is C10H14O3. The molecule has 0 saturated carbocycles. The molecule has 0 radical (unpaired) electrons. The molecule has 1 aliphatic heterocycles. The standard InChI is InChI=1S/C10H14O3/c1-10(2)6-12-9(13-7-10)8-4-3-5-11-8/h3-5,9H,6-7H2,1-2H3. The van der Waals surface area contributed by atoms with Gasteiger partial charge in [-0.2, -0.15) is 0 Å². The average molecular weight is 182 g/mol. The summed E-state index contributed by atoms with van der Waals surface area (Å²) in [5.74, 6) is 0.746. The number of rotatable bonds is 1. The van der Waals surface area contributed by atoms with Crippen molar-refractivity contribution in [1.82, 2.24) is 0 Å². The van der Waals surface area contributed by atoms with Gasteiger partial charge in [-0.05, 0) is 12.1 Å². The van der Waals surface area contributed by atoms with Crippen LogP contribution < -0.4 is 0 Å². The van der Waals surface area contributed by atoms with Gasteiger partial charge in [0.15, 0.2) is 5.76 Å². The maximum absolute atomic E-state index is 5.52. The molecule has 1 aromatic rings. The van der Waals surface area contributed by atoms with Crippen LogP contribution in [-0.4, -0.2) is 13.2 Å². The van der Waals surface area contributed by atoms with Gasteiger partial charge in [0, 0.05) is 5.41 Å². The Bertz CT molecular complexity index is 254. The third-order valence-corrected chi connectivity index (χ3v) is 2.03. The third-order valence-electron chi connectivity index (χ3n) is 2.03. The molecule has 1 fully saturated rings. The Labute approximate surface area is 77.6 Å². The summed E-state index contributed by atoms with van der Waals surface area (Å²) in [6.45, 7) is 5.65. The maximum Gasteiger partial charge on any atom is 0.217 e. The van der Waals surface area contributed by atoms with Gasteiger partial charge in [-0.3, -0.25) is 0 Å². The summed E-state index contributed by atoms with van der Waals surface area (Å²) in [6, 6.07) is 3.70. The summed E-state index contributed by atoms with van der Waals surface area (Å²) in [7, 11) is 0. The van der Waals surface area contributed by atoms with Crippen LogP contribution in [0.1, 0.15) is 25.9 Å². The number of hydrogen-bond donors (Lipinski definition) is 0. The molecule has 1 aliphatic rings. The molecule has 2 heterocycles. The highest BCUT2D eigenvalue weighted by Crippen LogP contribution is 2.30. The highest BCUT2D eigenvalue weighted by atomic mass is 16.7. The minimum absolute atomic E-state index is 0.114. The highest BCUT2D eigenvalue weighted by molar-refractivity contribution is 5.00. The van der Waals surface area contributed by atoms with E-state index in [1.807, 2.05) is 12.1 Å². The lowest BCUT2D eigenvalue weighted by Gasteiger charge is -2.33. The summed E-state index contributed by atoms with van der Waals surface area (Å²) in [6.07, 6.45) is 1.31. The van der Waals surface area contributed by atoms with Crippen molar-refractivity contribution in [3.63, 3.8) is 0 Å². The summed E-state index contributed by atoms with van der Waals surface area (Å²) >= 11 is 0. The van der Waals surface area contributed by atoms with Gasteiger partial charge in [0.2, 0.25) is 6.29 Å². The van der Waals surface area contributed by atoms with Gasteiger partial charge in [0.25, 0.3) is 0 Å². The lowest BCUT2D eigenvalue weighted by atomic mass is 9.95. The molecule has 13 heavy (non-hydrogen) atoms. The molecule has 3 heteroatoms. The van der Waals surface area contributed by atoms with E-state index < -0.39 is 0 Å². The van der Waals surface area contributed by atoms with Crippen molar-refractivity contribution in [1.29, 1.82) is 0 Å². The molecule has 72 valence electrons. The van der Waals surface area contributed by atoms with Crippen molar-refractivity contribution in [3.8, 4) is 0 Å². The second-order valence-corrected chi connectivity index (χ2v) is 4.13. The van der Waals surface area contributed by atoms with Crippen molar-refractivity contribution in [2.75, 3.05) is 13.2 Å². The van der Waals surface area contributed by atoms with Gasteiger partial charge in [-0.25, -0.2) is 0 Å². The number of ether oxygens (including phenoxy) is 2. The first-order chi connectivity index (χ1) is 6.17. The zero-order chi connectivity index (χ0) is 9.31. The zero-order valence-corrected chi connectivity index (χ0v) is 7.95. The molecule has 1 saturated heterocycles. The van der Waals surface area contributed by atoms with Crippen molar-refractivity contribution in [2.24, 2.45) is 5.41 Å². The molecular weight excluding hydrogens is 168 g/mol. The smallest absolute Gasteiger partial charge is 0.217 e. The number of hydrogen-bond acceptors (Lipinski definition) is 3. The van der Waals surface area contributed by atoms with E-state index in [1.54, 1.807) is 6.26 Å². The lowest BCUT2D eigenvalue weighted by Crippen LogP contribution is -2.33. The Kier molecular flexibility index (Phi) is 2.14. The minimum Gasteiger partial charge on any atom is -0.464 e. The molecule has 1 aromatic heterocycles. The van der Waals surface area contributed by atoms with Crippen LogP contribution in [0.4, 0.5) is 0 Å². The molecule has 2 rings (SSSR count). The van der Waals surface area contributed by atoms with Crippen LogP contribution in [0.25, 0.3) is 0 Å². The van der Waals surface area contributed by atoms with Crippen LogP contribution in [0.2, 0.25) is 0 Å². The van der Waals surface area contributed by atoms with Crippen LogP contribution in [-0.2, 0) is 9.47 Å². The van der Waals surface area contributed by atoms with Gasteiger partial charge in [-0.15, -0.1) is 0 Å². The fraction of sp³-hybridized carbons (Fsp3) is 0.600. The van der Waals surface area contributed by atoms with Crippen LogP contribution in [0.5, 0.6) is 0 Å². The van der Waals surface area contributed by atoms with E-state index in [-0.39, 0.29) is 11.7 Å². The normalized spacial score (nSPS) is 23.2. The topological polar surface area (TPSA) is 31.6 Å². The van der Waals surface area contributed by atoms with Gasteiger partial charge in [0.05, 0.1) is 19.5 Å². The minimum atomic E-state index is -0.317. The van der Waals surface area contributed by atoms with E-state index in [9.17, 15) is 0 Å². The second kappa shape index (κ2) is 3.16. The fourth-order valence-corrected chi connectivity index (χ4v) is 1.28. The second-order valence-electron chi connectivity index (χ2n) is 4.13. The fourth-order valence-electron chi connectivity index (χ4n) is 1.28. The maximum atomic E-state index is 5.52. The predicted octanol–water partition coefficient (Wildman–Crippen LogP) is 2.35. The SMILES string of the molecule is CC1(C)COC(c2ccco2)OC1. The predicted molar refractivity (Wildman–Crippen MR) is 47.1 cm³/mol. The van der Waals surface area contributed by atoms with Gasteiger partial charge in [0.1, 0.15) is 0 Å². The van der Waals surface area contributed by atoms with Crippen LogP contribution >= 0.6 is 0 Å². The molecule has 0 bridgehead atoms. The molecule has 0 aromatic carbocycles. The Morgan fingerprint density at radius 1 is 1.31 bits per heavy atom. The highest BCUT2D eigenvalue weighted by Gasteiger charge is 2.30. The van der Waals surface area contributed by atoms with E-state index >= 15 is 0 Å². The van der Waals surface area contributed by atoms with Crippen LogP contribution in [0.3, 0.4) is 0 Å². The molecule has 0 aliphatic carbocycles. The number of furan rings is 1. The van der Waals surface area contributed by atoms with E-state index in [4.69, 9.17) is 13.9 Å². The summed E-state index contributed by atoms with van der Waals surface area (Å²) in [5, 5.41) is 0. The summed E-state index contributed by atoms with van der Waals surface area (Å²) in [5.41, 5.74) is 0.114. The average Bonchev–Trinajstić information content (AvgIpc) is 2.56.